The van der Waals surface area contributed by atoms with Crippen molar-refractivity contribution in [1.82, 2.24) is 5.32 Å². The Bertz CT molecular complexity index is 465. The maximum Gasteiger partial charge on any atom is 0.323 e. The Balaban J connectivity index is 2.68. The monoisotopic (exact) mass is 235 g/mol. The molecule has 0 aliphatic carbocycles. The first-order chi connectivity index (χ1) is 7.99. The molecule has 0 saturated carbocycles. The highest BCUT2D eigenvalue weighted by molar-refractivity contribution is 5.90. The lowest BCUT2D eigenvalue weighted by Crippen LogP contribution is -2.24. The van der Waals surface area contributed by atoms with Crippen molar-refractivity contribution in [2.45, 2.75) is 13.8 Å². The number of nitrogens with one attached hydrogen (secondary N) is 2. The number of urea groups is 1. The van der Waals surface area contributed by atoms with Crippen LogP contribution in [0.15, 0.2) is 36.0 Å². The van der Waals surface area contributed by atoms with Crippen molar-refractivity contribution in [3.05, 3.63) is 46.2 Å². The van der Waals surface area contributed by atoms with Crippen LogP contribution < -0.4 is 10.6 Å². The fourth-order valence-corrected chi connectivity index (χ4v) is 1.07. The first-order valence-electron chi connectivity index (χ1n) is 4.94. The van der Waals surface area contributed by atoms with E-state index < -0.39 is 11.0 Å². The molecule has 0 aromatic heterocycles. The summed E-state index contributed by atoms with van der Waals surface area (Å²) < 4.78 is 0. The Kier molecular flexibility index (Phi) is 4.21. The van der Waals surface area contributed by atoms with E-state index in [-0.39, 0.29) is 5.69 Å². The molecule has 0 aliphatic heterocycles. The van der Waals surface area contributed by atoms with E-state index in [4.69, 9.17) is 0 Å². The number of anilines is 1. The fourth-order valence-electron chi connectivity index (χ4n) is 1.07. The van der Waals surface area contributed by atoms with E-state index in [2.05, 4.69) is 10.6 Å². The van der Waals surface area contributed by atoms with Crippen LogP contribution in [0.3, 0.4) is 0 Å². The van der Waals surface area contributed by atoms with Gasteiger partial charge in [-0.15, -0.1) is 0 Å². The van der Waals surface area contributed by atoms with Gasteiger partial charge < -0.3 is 10.6 Å². The third kappa shape index (κ3) is 4.33. The van der Waals surface area contributed by atoms with Crippen molar-refractivity contribution in [2.75, 3.05) is 5.32 Å². The van der Waals surface area contributed by atoms with Crippen LogP contribution in [0.5, 0.6) is 0 Å². The molecule has 1 aromatic rings. The largest absolute Gasteiger partial charge is 0.323 e. The summed E-state index contributed by atoms with van der Waals surface area (Å²) in [5.74, 6) is 0. The molecule has 0 bridgehead atoms. The number of hydrogen-bond acceptors (Lipinski definition) is 3. The summed E-state index contributed by atoms with van der Waals surface area (Å²) in [5, 5.41) is 15.5. The predicted octanol–water partition coefficient (Wildman–Crippen LogP) is 2.64. The number of non-ortho nitro benzene ring substituents is 1. The maximum atomic E-state index is 11.4. The molecule has 0 heterocycles. The van der Waals surface area contributed by atoms with Crippen LogP contribution in [-0.4, -0.2) is 11.0 Å². The van der Waals surface area contributed by atoms with Crippen molar-refractivity contribution in [1.29, 1.82) is 0 Å². The van der Waals surface area contributed by atoms with Gasteiger partial charge in [0.25, 0.3) is 5.69 Å². The van der Waals surface area contributed by atoms with Gasteiger partial charge >= 0.3 is 6.03 Å². The molecule has 2 amide bonds. The average molecular weight is 235 g/mol. The smallest absolute Gasteiger partial charge is 0.314 e. The zero-order valence-electron chi connectivity index (χ0n) is 9.56. The molecule has 0 unspecified atom stereocenters. The third-order valence-electron chi connectivity index (χ3n) is 1.81. The van der Waals surface area contributed by atoms with Gasteiger partial charge in [-0.25, -0.2) is 4.79 Å². The molecule has 17 heavy (non-hydrogen) atoms. The lowest BCUT2D eigenvalue weighted by molar-refractivity contribution is -0.384. The normalized spacial score (nSPS) is 9.29. The molecule has 2 N–H and O–H groups in total. The fraction of sp³-hybridized carbons (Fsp3) is 0.182. The van der Waals surface area contributed by atoms with Gasteiger partial charge in [0.1, 0.15) is 0 Å². The number of benzene rings is 1. The number of nitro groups is 1. The van der Waals surface area contributed by atoms with Crippen LogP contribution in [0.1, 0.15) is 13.8 Å². The highest BCUT2D eigenvalue weighted by Gasteiger charge is 2.06. The SMILES string of the molecule is CC(C)=CNC(=O)Nc1cccc([N+](=O)[O-])c1. The Morgan fingerprint density at radius 3 is 2.71 bits per heavy atom. The highest BCUT2D eigenvalue weighted by atomic mass is 16.6. The molecule has 6 nitrogen and oxygen atoms in total. The summed E-state index contributed by atoms with van der Waals surface area (Å²) in [6.07, 6.45) is 1.55. The molecule has 0 aliphatic rings. The molecule has 0 fully saturated rings. The summed E-state index contributed by atoms with van der Waals surface area (Å²) >= 11 is 0. The second-order valence-electron chi connectivity index (χ2n) is 3.63. The van der Waals surface area contributed by atoms with Crippen molar-refractivity contribution in [2.24, 2.45) is 0 Å². The van der Waals surface area contributed by atoms with Gasteiger partial charge in [-0.3, -0.25) is 10.1 Å². The number of rotatable bonds is 3. The second-order valence-corrected chi connectivity index (χ2v) is 3.63. The third-order valence-corrected chi connectivity index (χ3v) is 1.81. The highest BCUT2D eigenvalue weighted by Crippen LogP contribution is 2.16. The summed E-state index contributed by atoms with van der Waals surface area (Å²) in [7, 11) is 0. The minimum absolute atomic E-state index is 0.0648. The van der Waals surface area contributed by atoms with Crippen LogP contribution >= 0.6 is 0 Å². The van der Waals surface area contributed by atoms with E-state index in [1.165, 1.54) is 18.2 Å². The van der Waals surface area contributed by atoms with Gasteiger partial charge in [0.05, 0.1) is 4.92 Å². The molecular weight excluding hydrogens is 222 g/mol. The van der Waals surface area contributed by atoms with E-state index in [0.717, 1.165) is 5.57 Å². The lowest BCUT2D eigenvalue weighted by atomic mass is 10.3. The zero-order valence-corrected chi connectivity index (χ0v) is 9.56. The molecule has 0 saturated heterocycles. The lowest BCUT2D eigenvalue weighted by Gasteiger charge is -2.04. The topological polar surface area (TPSA) is 84.3 Å². The number of carbonyl (C=O) groups is 1. The van der Waals surface area contributed by atoms with Crippen LogP contribution in [0.2, 0.25) is 0 Å². The van der Waals surface area contributed by atoms with Gasteiger partial charge in [-0.2, -0.15) is 0 Å². The molecule has 0 radical (unpaired) electrons. The van der Waals surface area contributed by atoms with E-state index in [1.807, 2.05) is 13.8 Å². The molecule has 0 atom stereocenters. The summed E-state index contributed by atoms with van der Waals surface area (Å²) in [6, 6.07) is 5.30. The molecule has 6 heteroatoms. The van der Waals surface area contributed by atoms with Gasteiger partial charge in [-0.05, 0) is 19.9 Å². The van der Waals surface area contributed by atoms with E-state index in [0.29, 0.717) is 5.69 Å². The number of amides is 2. The molecule has 1 rings (SSSR count). The van der Waals surface area contributed by atoms with Crippen LogP contribution in [-0.2, 0) is 0 Å². The second kappa shape index (κ2) is 5.64. The standard InChI is InChI=1S/C11H13N3O3/c1-8(2)7-12-11(15)13-9-4-3-5-10(6-9)14(16)17/h3-7H,1-2H3,(H2,12,13,15). The predicted molar refractivity (Wildman–Crippen MR) is 64.7 cm³/mol. The molecule has 1 aromatic carbocycles. The first-order valence-corrected chi connectivity index (χ1v) is 4.94. The van der Waals surface area contributed by atoms with Gasteiger partial charge in [0.15, 0.2) is 0 Å². The maximum absolute atomic E-state index is 11.4. The van der Waals surface area contributed by atoms with Gasteiger partial charge in [0, 0.05) is 24.0 Å². The average Bonchev–Trinajstić information content (AvgIpc) is 2.26. The quantitative estimate of drug-likeness (QED) is 0.623. The Labute approximate surface area is 98.5 Å². The van der Waals surface area contributed by atoms with Gasteiger partial charge in [-0.1, -0.05) is 11.6 Å². The first kappa shape index (κ1) is 12.7. The minimum atomic E-state index is -0.515. The number of allylic oxidation sites excluding steroid dienone is 1. The van der Waals surface area contributed by atoms with Crippen molar-refractivity contribution >= 4 is 17.4 Å². The molecule has 0 spiro atoms. The van der Waals surface area contributed by atoms with Gasteiger partial charge in [0.2, 0.25) is 0 Å². The van der Waals surface area contributed by atoms with Crippen molar-refractivity contribution in [3.63, 3.8) is 0 Å². The van der Waals surface area contributed by atoms with Crippen LogP contribution in [0.4, 0.5) is 16.2 Å². The number of nitro benzene ring substituents is 1. The van der Waals surface area contributed by atoms with Crippen molar-refractivity contribution < 1.29 is 9.72 Å². The Morgan fingerprint density at radius 1 is 1.41 bits per heavy atom. The number of nitrogens with zero attached hydrogens (tertiary/aromatic N) is 1. The number of carbonyl (C=O) groups excluding carboxylic acids is 1. The Morgan fingerprint density at radius 2 is 2.12 bits per heavy atom. The minimum Gasteiger partial charge on any atom is -0.314 e. The van der Waals surface area contributed by atoms with E-state index >= 15 is 0 Å². The summed E-state index contributed by atoms with van der Waals surface area (Å²) in [4.78, 5) is 21.4. The van der Waals surface area contributed by atoms with Crippen LogP contribution in [0.25, 0.3) is 0 Å². The van der Waals surface area contributed by atoms with E-state index in [9.17, 15) is 14.9 Å². The zero-order chi connectivity index (χ0) is 12.8. The van der Waals surface area contributed by atoms with Crippen molar-refractivity contribution in [3.8, 4) is 0 Å². The Hall–Kier alpha value is -2.37. The molecular formula is C11H13N3O3. The van der Waals surface area contributed by atoms with Crippen LogP contribution in [0, 0.1) is 10.1 Å². The molecule has 90 valence electrons. The number of hydrogen-bond donors (Lipinski definition) is 2. The summed E-state index contributed by atoms with van der Waals surface area (Å²) in [5.41, 5.74) is 1.25. The summed E-state index contributed by atoms with van der Waals surface area (Å²) in [6.45, 7) is 3.68. The van der Waals surface area contributed by atoms with E-state index in [1.54, 1.807) is 12.3 Å².